The number of nitriles is 1. The third-order valence-corrected chi connectivity index (χ3v) is 4.97. The third-order valence-electron chi connectivity index (χ3n) is 4.97. The zero-order chi connectivity index (χ0) is 15.3. The SMILES string of the molecule is CCN(CCCN(C)C)C1CCCC(C#N)(NC2CC2)C1. The van der Waals surface area contributed by atoms with Crippen LogP contribution in [0.25, 0.3) is 0 Å². The Bertz CT molecular complexity index is 358. The Morgan fingerprint density at radius 1 is 1.24 bits per heavy atom. The molecule has 21 heavy (non-hydrogen) atoms. The lowest BCUT2D eigenvalue weighted by atomic mass is 9.79. The van der Waals surface area contributed by atoms with Crippen molar-refractivity contribution in [1.29, 1.82) is 5.26 Å². The van der Waals surface area contributed by atoms with Gasteiger partial charge in [-0.15, -0.1) is 0 Å². The summed E-state index contributed by atoms with van der Waals surface area (Å²) in [5, 5.41) is 13.3. The van der Waals surface area contributed by atoms with Crippen molar-refractivity contribution in [2.45, 2.75) is 69.5 Å². The van der Waals surface area contributed by atoms with E-state index in [-0.39, 0.29) is 5.54 Å². The molecule has 0 saturated heterocycles. The minimum absolute atomic E-state index is 0.251. The first kappa shape index (κ1) is 16.7. The van der Waals surface area contributed by atoms with E-state index in [2.05, 4.69) is 42.2 Å². The van der Waals surface area contributed by atoms with Crippen molar-refractivity contribution < 1.29 is 0 Å². The van der Waals surface area contributed by atoms with Gasteiger partial charge in [0.2, 0.25) is 0 Å². The third kappa shape index (κ3) is 4.95. The average Bonchev–Trinajstić information content (AvgIpc) is 3.27. The lowest BCUT2D eigenvalue weighted by molar-refractivity contribution is 0.120. The van der Waals surface area contributed by atoms with Crippen molar-refractivity contribution in [2.24, 2.45) is 0 Å². The van der Waals surface area contributed by atoms with Crippen LogP contribution in [-0.2, 0) is 0 Å². The molecule has 2 rings (SSSR count). The Morgan fingerprint density at radius 2 is 2.00 bits per heavy atom. The maximum absolute atomic E-state index is 9.70. The van der Waals surface area contributed by atoms with E-state index in [0.717, 1.165) is 32.5 Å². The molecule has 2 aliphatic rings. The summed E-state index contributed by atoms with van der Waals surface area (Å²) in [5.74, 6) is 0. The van der Waals surface area contributed by atoms with Gasteiger partial charge in [0.25, 0.3) is 0 Å². The van der Waals surface area contributed by atoms with Gasteiger partial charge >= 0.3 is 0 Å². The van der Waals surface area contributed by atoms with Crippen LogP contribution in [0, 0.1) is 11.3 Å². The fourth-order valence-electron chi connectivity index (χ4n) is 3.63. The molecule has 0 heterocycles. The number of hydrogen-bond donors (Lipinski definition) is 1. The van der Waals surface area contributed by atoms with Gasteiger partial charge in [-0.1, -0.05) is 6.92 Å². The van der Waals surface area contributed by atoms with Crippen molar-refractivity contribution in [3.63, 3.8) is 0 Å². The molecular formula is C17H32N4. The Hall–Kier alpha value is -0.630. The second kappa shape index (κ2) is 7.58. The van der Waals surface area contributed by atoms with Gasteiger partial charge in [-0.05, 0) is 78.7 Å². The van der Waals surface area contributed by atoms with Gasteiger partial charge in [-0.3, -0.25) is 5.32 Å². The smallest absolute Gasteiger partial charge is 0.108 e. The average molecular weight is 292 g/mol. The Morgan fingerprint density at radius 3 is 2.57 bits per heavy atom. The number of nitrogens with zero attached hydrogens (tertiary/aromatic N) is 3. The Kier molecular flexibility index (Phi) is 6.04. The van der Waals surface area contributed by atoms with Crippen molar-refractivity contribution in [2.75, 3.05) is 33.7 Å². The van der Waals surface area contributed by atoms with Crippen LogP contribution in [0.15, 0.2) is 0 Å². The zero-order valence-corrected chi connectivity index (χ0v) is 14.1. The van der Waals surface area contributed by atoms with Crippen molar-refractivity contribution in [3.8, 4) is 6.07 Å². The van der Waals surface area contributed by atoms with Gasteiger partial charge in [0.15, 0.2) is 0 Å². The molecule has 0 bridgehead atoms. The van der Waals surface area contributed by atoms with Crippen LogP contribution in [0.3, 0.4) is 0 Å². The standard InChI is InChI=1S/C17H32N4/c1-4-21(12-6-11-20(2)3)16-7-5-10-17(13-16,14-18)19-15-8-9-15/h15-16,19H,4-13H2,1-3H3. The molecule has 2 atom stereocenters. The first-order valence-corrected chi connectivity index (χ1v) is 8.66. The summed E-state index contributed by atoms with van der Waals surface area (Å²) < 4.78 is 0. The molecule has 120 valence electrons. The summed E-state index contributed by atoms with van der Waals surface area (Å²) in [6, 6.07) is 3.82. The van der Waals surface area contributed by atoms with E-state index in [1.807, 2.05) is 0 Å². The molecule has 0 radical (unpaired) electrons. The van der Waals surface area contributed by atoms with Gasteiger partial charge in [-0.2, -0.15) is 5.26 Å². The molecule has 0 aromatic rings. The Balaban J connectivity index is 1.89. The topological polar surface area (TPSA) is 42.3 Å². The highest BCUT2D eigenvalue weighted by Crippen LogP contribution is 2.34. The number of hydrogen-bond acceptors (Lipinski definition) is 4. The molecule has 2 unspecified atom stereocenters. The monoisotopic (exact) mass is 292 g/mol. The lowest BCUT2D eigenvalue weighted by Gasteiger charge is -2.41. The summed E-state index contributed by atoms with van der Waals surface area (Å²) in [4.78, 5) is 4.85. The Labute approximate surface area is 130 Å². The minimum Gasteiger partial charge on any atom is -0.309 e. The van der Waals surface area contributed by atoms with E-state index < -0.39 is 0 Å². The van der Waals surface area contributed by atoms with E-state index in [1.165, 1.54) is 32.1 Å². The summed E-state index contributed by atoms with van der Waals surface area (Å²) in [5.41, 5.74) is -0.251. The first-order valence-electron chi connectivity index (χ1n) is 8.66. The zero-order valence-electron chi connectivity index (χ0n) is 14.1. The van der Waals surface area contributed by atoms with Crippen molar-refractivity contribution in [3.05, 3.63) is 0 Å². The van der Waals surface area contributed by atoms with E-state index in [1.54, 1.807) is 0 Å². The van der Waals surface area contributed by atoms with E-state index >= 15 is 0 Å². The van der Waals surface area contributed by atoms with Crippen LogP contribution < -0.4 is 5.32 Å². The second-order valence-corrected chi connectivity index (χ2v) is 7.15. The first-order chi connectivity index (χ1) is 10.1. The van der Waals surface area contributed by atoms with Gasteiger partial charge < -0.3 is 9.80 Å². The molecule has 2 fully saturated rings. The van der Waals surface area contributed by atoms with E-state index in [4.69, 9.17) is 0 Å². The largest absolute Gasteiger partial charge is 0.309 e. The summed E-state index contributed by atoms with van der Waals surface area (Å²) in [7, 11) is 4.27. The molecule has 1 N–H and O–H groups in total. The molecule has 0 aromatic carbocycles. The van der Waals surface area contributed by atoms with Crippen LogP contribution >= 0.6 is 0 Å². The van der Waals surface area contributed by atoms with Crippen LogP contribution in [0.1, 0.15) is 51.9 Å². The number of rotatable bonds is 8. The van der Waals surface area contributed by atoms with Crippen LogP contribution in [0.2, 0.25) is 0 Å². The highest BCUT2D eigenvalue weighted by Gasteiger charge is 2.41. The van der Waals surface area contributed by atoms with Crippen LogP contribution in [-0.4, -0.2) is 61.2 Å². The molecule has 4 heteroatoms. The van der Waals surface area contributed by atoms with Gasteiger partial charge in [0.1, 0.15) is 5.54 Å². The minimum atomic E-state index is -0.251. The highest BCUT2D eigenvalue weighted by molar-refractivity contribution is 5.13. The molecule has 4 nitrogen and oxygen atoms in total. The second-order valence-electron chi connectivity index (χ2n) is 7.15. The summed E-state index contributed by atoms with van der Waals surface area (Å²) in [6.07, 6.45) is 8.21. The maximum Gasteiger partial charge on any atom is 0.108 e. The molecule has 0 spiro atoms. The van der Waals surface area contributed by atoms with E-state index in [9.17, 15) is 5.26 Å². The molecule has 2 saturated carbocycles. The van der Waals surface area contributed by atoms with Crippen molar-refractivity contribution >= 4 is 0 Å². The predicted octanol–water partition coefficient (Wildman–Crippen LogP) is 2.22. The van der Waals surface area contributed by atoms with Crippen LogP contribution in [0.4, 0.5) is 0 Å². The van der Waals surface area contributed by atoms with Crippen LogP contribution in [0.5, 0.6) is 0 Å². The summed E-state index contributed by atoms with van der Waals surface area (Å²) >= 11 is 0. The highest BCUT2D eigenvalue weighted by atomic mass is 15.2. The normalized spacial score (nSPS) is 29.8. The van der Waals surface area contributed by atoms with Gasteiger partial charge in [-0.25, -0.2) is 0 Å². The molecule has 2 aliphatic carbocycles. The van der Waals surface area contributed by atoms with Crippen molar-refractivity contribution in [1.82, 2.24) is 15.1 Å². The predicted molar refractivity (Wildman–Crippen MR) is 87.2 cm³/mol. The maximum atomic E-state index is 9.70. The fraction of sp³-hybridized carbons (Fsp3) is 0.941. The van der Waals surface area contributed by atoms with Gasteiger partial charge in [0, 0.05) is 12.1 Å². The quantitative estimate of drug-likeness (QED) is 0.745. The molecule has 0 aliphatic heterocycles. The van der Waals surface area contributed by atoms with E-state index in [0.29, 0.717) is 12.1 Å². The molecular weight excluding hydrogens is 260 g/mol. The fourth-order valence-corrected chi connectivity index (χ4v) is 3.63. The summed E-state index contributed by atoms with van der Waals surface area (Å²) in [6.45, 7) is 5.66. The number of nitrogens with one attached hydrogen (secondary N) is 1. The van der Waals surface area contributed by atoms with Gasteiger partial charge in [0.05, 0.1) is 6.07 Å². The molecule has 0 amide bonds. The molecule has 0 aromatic heterocycles. The lowest BCUT2D eigenvalue weighted by Crippen LogP contribution is -2.53.